The highest BCUT2D eigenvalue weighted by Gasteiger charge is 2.18. The number of hydrogen-bond acceptors (Lipinski definition) is 3. The highest BCUT2D eigenvalue weighted by atomic mass is 35.5. The fraction of sp³-hybridized carbons (Fsp3) is 0.263. The van der Waals surface area contributed by atoms with Crippen LogP contribution in [0, 0.1) is 6.92 Å². The molecule has 2 amide bonds. The molecular weight excluding hydrogens is 340 g/mol. The normalized spacial score (nSPS) is 10.2. The predicted molar refractivity (Wildman–Crippen MR) is 99.4 cm³/mol. The molecule has 0 bridgehead atoms. The summed E-state index contributed by atoms with van der Waals surface area (Å²) >= 11 is 5.96. The van der Waals surface area contributed by atoms with Gasteiger partial charge in [0.05, 0.1) is 7.11 Å². The second-order valence-electron chi connectivity index (χ2n) is 5.56. The van der Waals surface area contributed by atoms with E-state index >= 15 is 0 Å². The fourth-order valence-electron chi connectivity index (χ4n) is 2.36. The number of nitrogens with one attached hydrogen (secondary N) is 1. The molecule has 6 heteroatoms. The second kappa shape index (κ2) is 8.53. The van der Waals surface area contributed by atoms with Crippen LogP contribution in [-0.4, -0.2) is 36.9 Å². The summed E-state index contributed by atoms with van der Waals surface area (Å²) in [6, 6.07) is 12.1. The molecule has 0 radical (unpaired) electrons. The van der Waals surface area contributed by atoms with Crippen molar-refractivity contribution in [2.45, 2.75) is 13.8 Å². The van der Waals surface area contributed by atoms with Gasteiger partial charge in [-0.15, -0.1) is 0 Å². The third-order valence-electron chi connectivity index (χ3n) is 3.79. The number of hydrogen-bond donors (Lipinski definition) is 1. The molecule has 2 aromatic carbocycles. The van der Waals surface area contributed by atoms with Gasteiger partial charge in [0.2, 0.25) is 5.91 Å². The number of aryl methyl sites for hydroxylation is 1. The minimum Gasteiger partial charge on any atom is -0.497 e. The molecule has 5 nitrogen and oxygen atoms in total. The Balaban J connectivity index is 2.08. The van der Waals surface area contributed by atoms with E-state index in [-0.39, 0.29) is 18.4 Å². The topological polar surface area (TPSA) is 58.6 Å². The summed E-state index contributed by atoms with van der Waals surface area (Å²) in [5.74, 6) is 0.101. The molecule has 0 fully saturated rings. The summed E-state index contributed by atoms with van der Waals surface area (Å²) in [7, 11) is 1.54. The van der Waals surface area contributed by atoms with Crippen molar-refractivity contribution in [2.75, 3.05) is 25.5 Å². The number of anilines is 1. The van der Waals surface area contributed by atoms with Crippen molar-refractivity contribution in [3.05, 3.63) is 58.6 Å². The summed E-state index contributed by atoms with van der Waals surface area (Å²) in [5.41, 5.74) is 2.02. The van der Waals surface area contributed by atoms with Crippen LogP contribution >= 0.6 is 11.6 Å². The molecule has 2 aromatic rings. The molecule has 0 atom stereocenters. The highest BCUT2D eigenvalue weighted by Crippen LogP contribution is 2.20. The Bertz CT molecular complexity index is 777. The van der Waals surface area contributed by atoms with Crippen LogP contribution in [0.15, 0.2) is 42.5 Å². The first-order chi connectivity index (χ1) is 11.9. The molecule has 0 heterocycles. The maximum atomic E-state index is 12.6. The lowest BCUT2D eigenvalue weighted by molar-refractivity contribution is -0.116. The quantitative estimate of drug-likeness (QED) is 0.853. The van der Waals surface area contributed by atoms with Crippen molar-refractivity contribution in [1.82, 2.24) is 4.90 Å². The van der Waals surface area contributed by atoms with Crippen LogP contribution in [0.4, 0.5) is 5.69 Å². The maximum absolute atomic E-state index is 12.6. The van der Waals surface area contributed by atoms with Gasteiger partial charge in [-0.1, -0.05) is 23.7 Å². The summed E-state index contributed by atoms with van der Waals surface area (Å²) in [4.78, 5) is 26.4. The monoisotopic (exact) mass is 360 g/mol. The molecule has 0 aliphatic heterocycles. The minimum absolute atomic E-state index is 0.0432. The van der Waals surface area contributed by atoms with Gasteiger partial charge in [0.15, 0.2) is 0 Å². The number of methoxy groups -OCH3 is 1. The van der Waals surface area contributed by atoms with E-state index in [2.05, 4.69) is 5.32 Å². The lowest BCUT2D eigenvalue weighted by atomic mass is 10.2. The van der Waals surface area contributed by atoms with Gasteiger partial charge >= 0.3 is 0 Å². The molecule has 25 heavy (non-hydrogen) atoms. The van der Waals surface area contributed by atoms with Crippen molar-refractivity contribution in [1.29, 1.82) is 0 Å². The standard InChI is InChI=1S/C19H21ClN2O3/c1-4-22(19(24)14-6-5-7-16(10-14)25-3)12-18(23)21-17-11-15(20)9-8-13(17)2/h5-11H,4,12H2,1-3H3,(H,21,23). The summed E-state index contributed by atoms with van der Waals surface area (Å²) in [6.07, 6.45) is 0. The van der Waals surface area contributed by atoms with E-state index in [1.54, 1.807) is 43.5 Å². The summed E-state index contributed by atoms with van der Waals surface area (Å²) < 4.78 is 5.14. The molecule has 132 valence electrons. The summed E-state index contributed by atoms with van der Waals surface area (Å²) in [6.45, 7) is 4.08. The Labute approximate surface area is 152 Å². The minimum atomic E-state index is -0.275. The first-order valence-electron chi connectivity index (χ1n) is 7.94. The summed E-state index contributed by atoms with van der Waals surface area (Å²) in [5, 5.41) is 3.35. The lowest BCUT2D eigenvalue weighted by Gasteiger charge is -2.21. The van der Waals surface area contributed by atoms with E-state index in [1.165, 1.54) is 4.90 Å². The average molecular weight is 361 g/mol. The Kier molecular flexibility index (Phi) is 6.42. The van der Waals surface area contributed by atoms with E-state index in [0.717, 1.165) is 5.56 Å². The lowest BCUT2D eigenvalue weighted by Crippen LogP contribution is -2.38. The van der Waals surface area contributed by atoms with Crippen LogP contribution in [-0.2, 0) is 4.79 Å². The average Bonchev–Trinajstić information content (AvgIpc) is 2.62. The van der Waals surface area contributed by atoms with Gasteiger partial charge in [-0.25, -0.2) is 0 Å². The number of benzene rings is 2. The van der Waals surface area contributed by atoms with Gasteiger partial charge in [-0.2, -0.15) is 0 Å². The van der Waals surface area contributed by atoms with Crippen molar-refractivity contribution in [2.24, 2.45) is 0 Å². The van der Waals surface area contributed by atoms with Gasteiger partial charge in [-0.3, -0.25) is 9.59 Å². The van der Waals surface area contributed by atoms with E-state index in [4.69, 9.17) is 16.3 Å². The Morgan fingerprint density at radius 3 is 2.64 bits per heavy atom. The number of carbonyl (C=O) groups excluding carboxylic acids is 2. The number of carbonyl (C=O) groups is 2. The van der Waals surface area contributed by atoms with Crippen LogP contribution in [0.2, 0.25) is 5.02 Å². The zero-order valence-electron chi connectivity index (χ0n) is 14.5. The number of nitrogens with zero attached hydrogens (tertiary/aromatic N) is 1. The molecule has 0 aromatic heterocycles. The van der Waals surface area contributed by atoms with E-state index < -0.39 is 0 Å². The Morgan fingerprint density at radius 2 is 1.96 bits per heavy atom. The molecule has 0 aliphatic rings. The zero-order valence-corrected chi connectivity index (χ0v) is 15.3. The van der Waals surface area contributed by atoms with Crippen LogP contribution in [0.1, 0.15) is 22.8 Å². The largest absolute Gasteiger partial charge is 0.497 e. The fourth-order valence-corrected chi connectivity index (χ4v) is 2.53. The second-order valence-corrected chi connectivity index (χ2v) is 6.00. The Morgan fingerprint density at radius 1 is 1.20 bits per heavy atom. The number of amides is 2. The first-order valence-corrected chi connectivity index (χ1v) is 8.31. The van der Waals surface area contributed by atoms with Crippen LogP contribution in [0.5, 0.6) is 5.75 Å². The van der Waals surface area contributed by atoms with Gasteiger partial charge in [0.25, 0.3) is 5.91 Å². The van der Waals surface area contributed by atoms with Crippen molar-refractivity contribution < 1.29 is 14.3 Å². The van der Waals surface area contributed by atoms with Gasteiger partial charge in [0.1, 0.15) is 12.3 Å². The number of rotatable bonds is 6. The van der Waals surface area contributed by atoms with Crippen LogP contribution in [0.3, 0.4) is 0 Å². The van der Waals surface area contributed by atoms with Crippen LogP contribution in [0.25, 0.3) is 0 Å². The molecule has 0 unspecified atom stereocenters. The molecule has 0 aliphatic carbocycles. The van der Waals surface area contributed by atoms with Crippen LogP contribution < -0.4 is 10.1 Å². The zero-order chi connectivity index (χ0) is 18.4. The molecule has 0 saturated heterocycles. The van der Waals surface area contributed by atoms with Crippen molar-refractivity contribution in [3.8, 4) is 5.75 Å². The predicted octanol–water partition coefficient (Wildman–Crippen LogP) is 3.76. The third kappa shape index (κ3) is 4.97. The van der Waals surface area contributed by atoms with Crippen molar-refractivity contribution in [3.63, 3.8) is 0 Å². The van der Waals surface area contributed by atoms with Gasteiger partial charge < -0.3 is 15.0 Å². The molecule has 1 N–H and O–H groups in total. The molecule has 0 spiro atoms. The smallest absolute Gasteiger partial charge is 0.254 e. The molecular formula is C19H21ClN2O3. The van der Waals surface area contributed by atoms with Gasteiger partial charge in [0, 0.05) is 22.8 Å². The SMILES string of the molecule is CCN(CC(=O)Nc1cc(Cl)ccc1C)C(=O)c1cccc(OC)c1. The number of halogens is 1. The van der Waals surface area contributed by atoms with Crippen molar-refractivity contribution >= 4 is 29.1 Å². The third-order valence-corrected chi connectivity index (χ3v) is 4.03. The Hall–Kier alpha value is -2.53. The number of ether oxygens (including phenoxy) is 1. The van der Waals surface area contributed by atoms with Gasteiger partial charge in [-0.05, 0) is 49.7 Å². The molecule has 0 saturated carbocycles. The van der Waals surface area contributed by atoms with E-state index in [1.807, 2.05) is 19.9 Å². The highest BCUT2D eigenvalue weighted by molar-refractivity contribution is 6.31. The number of likely N-dealkylation sites (N-methyl/N-ethyl adjacent to an activating group) is 1. The molecule has 2 rings (SSSR count). The maximum Gasteiger partial charge on any atom is 0.254 e. The van der Waals surface area contributed by atoms with E-state index in [0.29, 0.717) is 28.6 Å². The first kappa shape index (κ1) is 18.8. The van der Waals surface area contributed by atoms with E-state index in [9.17, 15) is 9.59 Å².